The van der Waals surface area contributed by atoms with Gasteiger partial charge in [-0.25, -0.2) is 4.98 Å². The monoisotopic (exact) mass is 391 g/mol. The minimum absolute atomic E-state index is 0.116. The van der Waals surface area contributed by atoms with Crippen LogP contribution in [0.5, 0.6) is 0 Å². The van der Waals surface area contributed by atoms with E-state index in [4.69, 9.17) is 11.6 Å². The highest BCUT2D eigenvalue weighted by atomic mass is 35.5. The third-order valence-electron chi connectivity index (χ3n) is 3.16. The van der Waals surface area contributed by atoms with Gasteiger partial charge in [-0.1, -0.05) is 35.5 Å². The normalized spacial score (nSPS) is 10.6. The average Bonchev–Trinajstić information content (AvgIpc) is 2.97. The van der Waals surface area contributed by atoms with Gasteiger partial charge in [0.15, 0.2) is 4.34 Å². The number of thiazole rings is 1. The Bertz CT molecular complexity index is 943. The van der Waals surface area contributed by atoms with E-state index in [1.165, 1.54) is 30.0 Å². The van der Waals surface area contributed by atoms with E-state index < -0.39 is 0 Å². The molecule has 0 radical (unpaired) electrons. The zero-order chi connectivity index (χ0) is 17.8. The van der Waals surface area contributed by atoms with Gasteiger partial charge in [0.2, 0.25) is 11.8 Å². The summed E-state index contributed by atoms with van der Waals surface area (Å²) in [6, 6.07) is 12.6. The van der Waals surface area contributed by atoms with E-state index >= 15 is 0 Å². The van der Waals surface area contributed by atoms with Crippen LogP contribution in [-0.4, -0.2) is 22.6 Å². The number of rotatable bonds is 5. The van der Waals surface area contributed by atoms with Gasteiger partial charge in [-0.3, -0.25) is 9.59 Å². The van der Waals surface area contributed by atoms with Gasteiger partial charge in [-0.2, -0.15) is 0 Å². The maximum Gasteiger partial charge on any atom is 0.234 e. The first-order valence-electron chi connectivity index (χ1n) is 7.36. The highest BCUT2D eigenvalue weighted by molar-refractivity contribution is 8.01. The second-order valence-corrected chi connectivity index (χ2v) is 7.82. The number of fused-ring (bicyclic) bond motifs is 1. The molecule has 0 aliphatic carbocycles. The number of hydrogen-bond donors (Lipinski definition) is 2. The van der Waals surface area contributed by atoms with Gasteiger partial charge in [0, 0.05) is 12.6 Å². The molecule has 0 atom stereocenters. The summed E-state index contributed by atoms with van der Waals surface area (Å²) in [7, 11) is 0. The van der Waals surface area contributed by atoms with Gasteiger partial charge in [0.25, 0.3) is 0 Å². The fraction of sp³-hybridized carbons (Fsp3) is 0.118. The van der Waals surface area contributed by atoms with Crippen molar-refractivity contribution >= 4 is 68.1 Å². The van der Waals surface area contributed by atoms with Gasteiger partial charge in [-0.05, 0) is 30.3 Å². The van der Waals surface area contributed by atoms with Crippen LogP contribution >= 0.6 is 34.7 Å². The molecular weight excluding hydrogens is 378 g/mol. The van der Waals surface area contributed by atoms with Crippen LogP contribution in [0.2, 0.25) is 5.02 Å². The minimum atomic E-state index is -0.142. The van der Waals surface area contributed by atoms with Crippen molar-refractivity contribution in [1.82, 2.24) is 4.98 Å². The topological polar surface area (TPSA) is 71.1 Å². The smallest absolute Gasteiger partial charge is 0.234 e. The molecule has 25 heavy (non-hydrogen) atoms. The predicted octanol–water partition coefficient (Wildman–Crippen LogP) is 4.64. The Hall–Kier alpha value is -2.09. The van der Waals surface area contributed by atoms with Gasteiger partial charge >= 0.3 is 0 Å². The molecule has 0 aliphatic heterocycles. The van der Waals surface area contributed by atoms with Gasteiger partial charge in [-0.15, -0.1) is 11.3 Å². The summed E-state index contributed by atoms with van der Waals surface area (Å²) in [5.74, 6) is -0.0187. The number of amides is 2. The molecule has 2 N–H and O–H groups in total. The summed E-state index contributed by atoms with van der Waals surface area (Å²) in [5, 5.41) is 6.03. The van der Waals surface area contributed by atoms with Crippen LogP contribution in [0, 0.1) is 0 Å². The molecule has 0 saturated carbocycles. The number of thioether (sulfide) groups is 1. The average molecular weight is 392 g/mol. The summed E-state index contributed by atoms with van der Waals surface area (Å²) in [6.45, 7) is 1.47. The number of hydrogen-bond acceptors (Lipinski definition) is 5. The zero-order valence-electron chi connectivity index (χ0n) is 13.2. The Morgan fingerprint density at radius 2 is 2.00 bits per heavy atom. The summed E-state index contributed by atoms with van der Waals surface area (Å²) < 4.78 is 1.75. The largest absolute Gasteiger partial charge is 0.326 e. The molecule has 0 unspecified atom stereocenters. The Morgan fingerprint density at radius 3 is 2.76 bits per heavy atom. The maximum atomic E-state index is 12.1. The molecule has 5 nitrogen and oxygen atoms in total. The summed E-state index contributed by atoms with van der Waals surface area (Å²) in [5.41, 5.74) is 2.17. The number of para-hydroxylation sites is 1. The number of carbonyl (C=O) groups is 2. The highest BCUT2D eigenvalue weighted by Gasteiger charge is 2.10. The van der Waals surface area contributed by atoms with Crippen molar-refractivity contribution in [1.29, 1.82) is 0 Å². The first-order chi connectivity index (χ1) is 12.0. The lowest BCUT2D eigenvalue weighted by Gasteiger charge is -2.05. The molecule has 2 aromatic carbocycles. The second-order valence-electron chi connectivity index (χ2n) is 5.16. The fourth-order valence-corrected chi connectivity index (χ4v) is 4.21. The number of anilines is 2. The van der Waals surface area contributed by atoms with Crippen molar-refractivity contribution in [2.75, 3.05) is 16.4 Å². The Morgan fingerprint density at radius 1 is 1.20 bits per heavy atom. The second kappa shape index (κ2) is 7.86. The van der Waals surface area contributed by atoms with E-state index in [2.05, 4.69) is 15.6 Å². The SMILES string of the molecule is CC(=O)Nc1ccc2nc(SCC(=O)Nc3ccccc3Cl)sc2c1. The molecule has 0 fully saturated rings. The molecule has 3 rings (SSSR count). The van der Waals surface area contributed by atoms with Crippen LogP contribution in [-0.2, 0) is 9.59 Å². The number of aromatic nitrogens is 1. The van der Waals surface area contributed by atoms with Gasteiger partial charge in [0.05, 0.1) is 26.7 Å². The molecule has 1 heterocycles. The van der Waals surface area contributed by atoms with Crippen molar-refractivity contribution in [3.8, 4) is 0 Å². The lowest BCUT2D eigenvalue weighted by Crippen LogP contribution is -2.14. The molecular formula is C17H14ClN3O2S2. The van der Waals surface area contributed by atoms with E-state index in [1.54, 1.807) is 12.1 Å². The van der Waals surface area contributed by atoms with Crippen LogP contribution < -0.4 is 10.6 Å². The molecule has 0 spiro atoms. The van der Waals surface area contributed by atoms with E-state index in [9.17, 15) is 9.59 Å². The zero-order valence-corrected chi connectivity index (χ0v) is 15.6. The molecule has 0 saturated heterocycles. The fourth-order valence-electron chi connectivity index (χ4n) is 2.12. The molecule has 128 valence electrons. The van der Waals surface area contributed by atoms with Crippen LogP contribution in [0.15, 0.2) is 46.8 Å². The minimum Gasteiger partial charge on any atom is -0.326 e. The maximum absolute atomic E-state index is 12.1. The highest BCUT2D eigenvalue weighted by Crippen LogP contribution is 2.31. The van der Waals surface area contributed by atoms with Gasteiger partial charge in [0.1, 0.15) is 0 Å². The number of benzene rings is 2. The van der Waals surface area contributed by atoms with Crippen LogP contribution in [0.1, 0.15) is 6.92 Å². The van der Waals surface area contributed by atoms with E-state index in [0.717, 1.165) is 20.2 Å². The number of nitrogens with zero attached hydrogens (tertiary/aromatic N) is 1. The Labute approximate surface area is 157 Å². The molecule has 2 amide bonds. The summed E-state index contributed by atoms with van der Waals surface area (Å²) in [6.07, 6.45) is 0. The van der Waals surface area contributed by atoms with Crippen molar-refractivity contribution < 1.29 is 9.59 Å². The molecule has 8 heteroatoms. The van der Waals surface area contributed by atoms with Crippen molar-refractivity contribution in [2.45, 2.75) is 11.3 Å². The summed E-state index contributed by atoms with van der Waals surface area (Å²) >= 11 is 8.88. The van der Waals surface area contributed by atoms with Crippen molar-refractivity contribution in [3.05, 3.63) is 47.5 Å². The molecule has 0 bridgehead atoms. The summed E-state index contributed by atoms with van der Waals surface area (Å²) in [4.78, 5) is 27.7. The van der Waals surface area contributed by atoms with Crippen molar-refractivity contribution in [2.24, 2.45) is 0 Å². The van der Waals surface area contributed by atoms with Gasteiger partial charge < -0.3 is 10.6 Å². The van der Waals surface area contributed by atoms with Crippen LogP contribution in [0.3, 0.4) is 0 Å². The first kappa shape index (κ1) is 17.7. The third-order valence-corrected chi connectivity index (χ3v) is 5.65. The third kappa shape index (κ3) is 4.72. The quantitative estimate of drug-likeness (QED) is 0.621. The van der Waals surface area contributed by atoms with Crippen LogP contribution in [0.25, 0.3) is 10.2 Å². The Balaban J connectivity index is 1.63. The molecule has 3 aromatic rings. The molecule has 0 aliphatic rings. The van der Waals surface area contributed by atoms with Crippen LogP contribution in [0.4, 0.5) is 11.4 Å². The predicted molar refractivity (Wildman–Crippen MR) is 105 cm³/mol. The van der Waals surface area contributed by atoms with E-state index in [1.807, 2.05) is 30.3 Å². The van der Waals surface area contributed by atoms with Crippen molar-refractivity contribution in [3.63, 3.8) is 0 Å². The lowest BCUT2D eigenvalue weighted by atomic mass is 10.3. The molecule has 1 aromatic heterocycles. The Kier molecular flexibility index (Phi) is 5.57. The van der Waals surface area contributed by atoms with E-state index in [0.29, 0.717) is 10.7 Å². The number of carbonyl (C=O) groups excluding carboxylic acids is 2. The number of halogens is 1. The number of nitrogens with one attached hydrogen (secondary N) is 2. The van der Waals surface area contributed by atoms with E-state index in [-0.39, 0.29) is 17.6 Å². The first-order valence-corrected chi connectivity index (χ1v) is 9.54. The lowest BCUT2D eigenvalue weighted by molar-refractivity contribution is -0.114. The standard InChI is InChI=1S/C17H14ClN3O2S2/c1-10(22)19-11-6-7-14-15(8-11)25-17(21-14)24-9-16(23)20-13-5-3-2-4-12(13)18/h2-8H,9H2,1H3,(H,19,22)(H,20,23).